The van der Waals surface area contributed by atoms with E-state index in [-0.39, 0.29) is 0 Å². The van der Waals surface area contributed by atoms with E-state index in [1.54, 1.807) is 0 Å². The number of furan rings is 1. The van der Waals surface area contributed by atoms with Gasteiger partial charge in [0.15, 0.2) is 5.82 Å². The van der Waals surface area contributed by atoms with Crippen LogP contribution in [0.4, 0.5) is 0 Å². The molecule has 4 nitrogen and oxygen atoms in total. The van der Waals surface area contributed by atoms with Crippen LogP contribution in [0.25, 0.3) is 110 Å². The maximum atomic E-state index is 6.74. The number of benzene rings is 8. The summed E-state index contributed by atoms with van der Waals surface area (Å²) in [6.07, 6.45) is 0. The Morgan fingerprint density at radius 1 is 0.358 bits per heavy atom. The standard InChI is InChI=1S/C49H29N3O/c1-3-14-30(15-4-1)42-29-43(31-16-5-2-6-17-31)51-49(50-42)40-24-13-23-39-47(40)52-46(45-38-22-11-12-25-44(38)53-48(39)45)32-26-27-37-35-20-8-7-18-33(35)34-19-9-10-21-36(34)41(37)28-32/h1-29H. The summed E-state index contributed by atoms with van der Waals surface area (Å²) in [6, 6.07) is 61.3. The number of hydrogen-bond acceptors (Lipinski definition) is 4. The Bertz CT molecular complexity index is 3130. The number of nitrogens with zero attached hydrogens (tertiary/aromatic N) is 3. The minimum atomic E-state index is 0.612. The molecule has 246 valence electrons. The molecule has 0 amide bonds. The third-order valence-electron chi connectivity index (χ3n) is 10.5. The molecular formula is C49H29N3O. The molecule has 11 aromatic rings. The van der Waals surface area contributed by atoms with Crippen LogP contribution in [0.3, 0.4) is 0 Å². The topological polar surface area (TPSA) is 51.8 Å². The predicted octanol–water partition coefficient (Wildman–Crippen LogP) is 13.1. The van der Waals surface area contributed by atoms with Crippen LogP contribution in [0.5, 0.6) is 0 Å². The third-order valence-corrected chi connectivity index (χ3v) is 10.5. The third kappa shape index (κ3) is 4.66. The minimum absolute atomic E-state index is 0.612. The molecule has 53 heavy (non-hydrogen) atoms. The molecule has 4 heteroatoms. The zero-order chi connectivity index (χ0) is 34.9. The van der Waals surface area contributed by atoms with E-state index in [0.29, 0.717) is 5.82 Å². The molecule has 0 unspecified atom stereocenters. The van der Waals surface area contributed by atoms with Crippen molar-refractivity contribution in [3.63, 3.8) is 0 Å². The van der Waals surface area contributed by atoms with Gasteiger partial charge in [0.25, 0.3) is 0 Å². The van der Waals surface area contributed by atoms with Crippen molar-refractivity contribution in [1.82, 2.24) is 15.0 Å². The SMILES string of the molecule is c1ccc(-c2cc(-c3ccccc3)nc(-c3cccc4c3nc(-c3ccc5c6ccccc6c6ccccc6c5c3)c3c5ccccc5oc43)n2)cc1. The summed E-state index contributed by atoms with van der Waals surface area (Å²) in [5.74, 6) is 0.612. The number of aromatic nitrogens is 3. The number of para-hydroxylation sites is 2. The van der Waals surface area contributed by atoms with Crippen LogP contribution in [0, 0.1) is 0 Å². The minimum Gasteiger partial charge on any atom is -0.455 e. The van der Waals surface area contributed by atoms with Crippen molar-refractivity contribution in [3.8, 4) is 45.2 Å². The van der Waals surface area contributed by atoms with Gasteiger partial charge in [0.1, 0.15) is 11.2 Å². The first-order valence-corrected chi connectivity index (χ1v) is 17.9. The van der Waals surface area contributed by atoms with Gasteiger partial charge in [-0.15, -0.1) is 0 Å². The quantitative estimate of drug-likeness (QED) is 0.174. The summed E-state index contributed by atoms with van der Waals surface area (Å²) in [4.78, 5) is 16.0. The van der Waals surface area contributed by atoms with Crippen molar-refractivity contribution in [2.24, 2.45) is 0 Å². The molecular weight excluding hydrogens is 647 g/mol. The van der Waals surface area contributed by atoms with Crippen LogP contribution >= 0.6 is 0 Å². The molecule has 0 N–H and O–H groups in total. The van der Waals surface area contributed by atoms with Gasteiger partial charge in [-0.2, -0.15) is 0 Å². The smallest absolute Gasteiger partial charge is 0.162 e. The lowest BCUT2D eigenvalue weighted by molar-refractivity contribution is 0.672. The molecule has 0 bridgehead atoms. The van der Waals surface area contributed by atoms with Gasteiger partial charge in [-0.1, -0.05) is 146 Å². The monoisotopic (exact) mass is 675 g/mol. The molecule has 0 radical (unpaired) electrons. The highest BCUT2D eigenvalue weighted by atomic mass is 16.3. The summed E-state index contributed by atoms with van der Waals surface area (Å²) < 4.78 is 6.74. The number of pyridine rings is 1. The van der Waals surface area contributed by atoms with Crippen molar-refractivity contribution in [1.29, 1.82) is 0 Å². The Morgan fingerprint density at radius 2 is 0.887 bits per heavy atom. The van der Waals surface area contributed by atoms with Gasteiger partial charge in [0, 0.05) is 33.0 Å². The van der Waals surface area contributed by atoms with E-state index in [0.717, 1.165) is 72.2 Å². The second kappa shape index (κ2) is 11.7. The normalized spacial score (nSPS) is 11.8. The van der Waals surface area contributed by atoms with Crippen LogP contribution in [0.15, 0.2) is 180 Å². The molecule has 3 aromatic heterocycles. The van der Waals surface area contributed by atoms with Crippen molar-refractivity contribution < 1.29 is 4.42 Å². The van der Waals surface area contributed by atoms with Crippen LogP contribution in [-0.4, -0.2) is 15.0 Å². The molecule has 0 spiro atoms. The zero-order valence-corrected chi connectivity index (χ0v) is 28.5. The Labute approximate surface area is 304 Å². The van der Waals surface area contributed by atoms with Gasteiger partial charge in [0.05, 0.1) is 28.0 Å². The number of fused-ring (bicyclic) bond motifs is 11. The number of hydrogen-bond donors (Lipinski definition) is 0. The van der Waals surface area contributed by atoms with E-state index < -0.39 is 0 Å². The fraction of sp³-hybridized carbons (Fsp3) is 0. The molecule has 0 aliphatic heterocycles. The van der Waals surface area contributed by atoms with E-state index in [1.807, 2.05) is 48.5 Å². The molecule has 0 fully saturated rings. The maximum absolute atomic E-state index is 6.74. The molecule has 11 rings (SSSR count). The lowest BCUT2D eigenvalue weighted by Gasteiger charge is -2.14. The van der Waals surface area contributed by atoms with E-state index in [2.05, 4.69) is 127 Å². The fourth-order valence-electron chi connectivity index (χ4n) is 8.01. The summed E-state index contributed by atoms with van der Waals surface area (Å²) in [5, 5.41) is 10.3. The van der Waals surface area contributed by atoms with Crippen LogP contribution < -0.4 is 0 Å². The molecule has 0 aliphatic rings. The van der Waals surface area contributed by atoms with E-state index in [9.17, 15) is 0 Å². The van der Waals surface area contributed by atoms with Crippen LogP contribution in [-0.2, 0) is 0 Å². The second-order valence-electron chi connectivity index (χ2n) is 13.5. The van der Waals surface area contributed by atoms with Gasteiger partial charge in [-0.3, -0.25) is 0 Å². The summed E-state index contributed by atoms with van der Waals surface area (Å²) >= 11 is 0. The Kier molecular flexibility index (Phi) is 6.52. The first kappa shape index (κ1) is 29.5. The zero-order valence-electron chi connectivity index (χ0n) is 28.5. The average Bonchev–Trinajstić information content (AvgIpc) is 3.64. The second-order valence-corrected chi connectivity index (χ2v) is 13.5. The van der Waals surface area contributed by atoms with E-state index >= 15 is 0 Å². The predicted molar refractivity (Wildman–Crippen MR) is 219 cm³/mol. The van der Waals surface area contributed by atoms with Crippen molar-refractivity contribution >= 4 is 65.2 Å². The highest BCUT2D eigenvalue weighted by Gasteiger charge is 2.22. The molecule has 0 aliphatic carbocycles. The van der Waals surface area contributed by atoms with Gasteiger partial charge in [-0.25, -0.2) is 15.0 Å². The highest BCUT2D eigenvalue weighted by molar-refractivity contribution is 6.26. The lowest BCUT2D eigenvalue weighted by atomic mass is 9.92. The van der Waals surface area contributed by atoms with Gasteiger partial charge >= 0.3 is 0 Å². The van der Waals surface area contributed by atoms with Crippen LogP contribution in [0.1, 0.15) is 0 Å². The molecule has 0 atom stereocenters. The van der Waals surface area contributed by atoms with E-state index in [1.165, 1.54) is 32.3 Å². The lowest BCUT2D eigenvalue weighted by Crippen LogP contribution is -1.98. The fourth-order valence-corrected chi connectivity index (χ4v) is 8.01. The Hall–Kier alpha value is -7.17. The highest BCUT2D eigenvalue weighted by Crippen LogP contribution is 2.43. The van der Waals surface area contributed by atoms with Gasteiger partial charge in [0.2, 0.25) is 0 Å². The van der Waals surface area contributed by atoms with E-state index in [4.69, 9.17) is 19.4 Å². The van der Waals surface area contributed by atoms with Crippen molar-refractivity contribution in [2.45, 2.75) is 0 Å². The molecule has 8 aromatic carbocycles. The van der Waals surface area contributed by atoms with Crippen molar-refractivity contribution in [3.05, 3.63) is 176 Å². The Balaban J connectivity index is 1.23. The molecule has 0 saturated carbocycles. The van der Waals surface area contributed by atoms with Gasteiger partial charge in [-0.05, 0) is 62.6 Å². The summed E-state index contributed by atoms with van der Waals surface area (Å²) in [7, 11) is 0. The largest absolute Gasteiger partial charge is 0.455 e. The maximum Gasteiger partial charge on any atom is 0.162 e. The first-order chi connectivity index (χ1) is 26.3. The van der Waals surface area contributed by atoms with Crippen molar-refractivity contribution in [2.75, 3.05) is 0 Å². The Morgan fingerprint density at radius 3 is 1.53 bits per heavy atom. The summed E-state index contributed by atoms with van der Waals surface area (Å²) in [6.45, 7) is 0. The first-order valence-electron chi connectivity index (χ1n) is 17.9. The van der Waals surface area contributed by atoms with Crippen LogP contribution in [0.2, 0.25) is 0 Å². The molecule has 0 saturated heterocycles. The van der Waals surface area contributed by atoms with Gasteiger partial charge < -0.3 is 4.42 Å². The molecule has 3 heterocycles. The number of rotatable bonds is 4. The average molecular weight is 676 g/mol. The summed E-state index contributed by atoms with van der Waals surface area (Å²) in [5.41, 5.74) is 8.92.